The van der Waals surface area contributed by atoms with Gasteiger partial charge in [-0.25, -0.2) is 0 Å². The number of hydrogen-bond donors (Lipinski definition) is 0. The molecule has 1 aliphatic rings. The summed E-state index contributed by atoms with van der Waals surface area (Å²) in [6, 6.07) is 10.5. The molecule has 1 aromatic carbocycles. The first-order valence-electron chi connectivity index (χ1n) is 5.65. The summed E-state index contributed by atoms with van der Waals surface area (Å²) in [6.45, 7) is 3.92. The Kier molecular flexibility index (Phi) is 3.62. The van der Waals surface area contributed by atoms with Gasteiger partial charge >= 0.3 is 103 Å². The molecule has 0 radical (unpaired) electrons. The van der Waals surface area contributed by atoms with Crippen LogP contribution in [-0.4, -0.2) is 20.7 Å². The normalized spacial score (nSPS) is 19.5. The number of Topliss-reactive ketones (excluding diaryl/α,β-unsaturated/α-hetero) is 1. The van der Waals surface area contributed by atoms with Crippen molar-refractivity contribution in [3.8, 4) is 0 Å². The predicted molar refractivity (Wildman–Crippen MR) is 68.4 cm³/mol. The summed E-state index contributed by atoms with van der Waals surface area (Å²) in [5.74, 6) is 0.570. The van der Waals surface area contributed by atoms with E-state index in [1.165, 1.54) is 20.9 Å². The average Bonchev–Trinajstić information content (AvgIpc) is 2.25. The van der Waals surface area contributed by atoms with Gasteiger partial charge in [-0.1, -0.05) is 0 Å². The SMILES string of the molecule is CC[Se]C1=C(c2ccccc2)CC1C(C)=O. The van der Waals surface area contributed by atoms with Crippen molar-refractivity contribution >= 4 is 26.3 Å². The molecule has 84 valence electrons. The van der Waals surface area contributed by atoms with Crippen LogP contribution in [0.3, 0.4) is 0 Å². The van der Waals surface area contributed by atoms with E-state index in [0.29, 0.717) is 20.7 Å². The van der Waals surface area contributed by atoms with Gasteiger partial charge in [-0.15, -0.1) is 0 Å². The summed E-state index contributed by atoms with van der Waals surface area (Å²) in [5.41, 5.74) is 2.74. The minimum atomic E-state index is 0.232. The van der Waals surface area contributed by atoms with E-state index in [0.717, 1.165) is 6.42 Å². The van der Waals surface area contributed by atoms with E-state index in [1.807, 2.05) is 6.07 Å². The molecule has 1 aliphatic carbocycles. The molecule has 1 aromatic rings. The molecule has 0 saturated heterocycles. The molecular formula is C14H16OSe. The second-order valence-corrected chi connectivity index (χ2v) is 6.75. The van der Waals surface area contributed by atoms with E-state index < -0.39 is 0 Å². The number of rotatable bonds is 4. The fourth-order valence-electron chi connectivity index (χ4n) is 2.05. The maximum absolute atomic E-state index is 11.5. The van der Waals surface area contributed by atoms with E-state index in [2.05, 4.69) is 31.2 Å². The van der Waals surface area contributed by atoms with Crippen LogP contribution < -0.4 is 0 Å². The monoisotopic (exact) mass is 280 g/mol. The van der Waals surface area contributed by atoms with Crippen LogP contribution in [0.25, 0.3) is 5.57 Å². The Morgan fingerprint density at radius 3 is 2.62 bits per heavy atom. The van der Waals surface area contributed by atoms with Crippen LogP contribution in [-0.2, 0) is 4.79 Å². The fraction of sp³-hybridized carbons (Fsp3) is 0.357. The Morgan fingerprint density at radius 2 is 2.06 bits per heavy atom. The molecule has 0 saturated carbocycles. The van der Waals surface area contributed by atoms with Crippen molar-refractivity contribution in [1.82, 2.24) is 0 Å². The molecular weight excluding hydrogens is 263 g/mol. The van der Waals surface area contributed by atoms with Gasteiger partial charge in [0.2, 0.25) is 0 Å². The third kappa shape index (κ3) is 2.14. The number of carbonyl (C=O) groups excluding carboxylic acids is 1. The zero-order valence-corrected chi connectivity index (χ0v) is 11.4. The van der Waals surface area contributed by atoms with Crippen LogP contribution in [0, 0.1) is 5.92 Å². The summed E-state index contributed by atoms with van der Waals surface area (Å²) < 4.78 is 1.44. The maximum atomic E-state index is 11.5. The first-order chi connectivity index (χ1) is 7.74. The van der Waals surface area contributed by atoms with Crippen molar-refractivity contribution < 1.29 is 4.79 Å². The topological polar surface area (TPSA) is 17.1 Å². The number of carbonyl (C=O) groups is 1. The van der Waals surface area contributed by atoms with Gasteiger partial charge in [-0.3, -0.25) is 0 Å². The van der Waals surface area contributed by atoms with Gasteiger partial charge in [0.15, 0.2) is 0 Å². The molecule has 1 nitrogen and oxygen atoms in total. The second-order valence-electron chi connectivity index (χ2n) is 4.01. The predicted octanol–water partition coefficient (Wildman–Crippen LogP) is 3.15. The van der Waals surface area contributed by atoms with Crippen molar-refractivity contribution in [3.05, 3.63) is 40.4 Å². The molecule has 16 heavy (non-hydrogen) atoms. The van der Waals surface area contributed by atoms with Crippen molar-refractivity contribution in [1.29, 1.82) is 0 Å². The molecule has 2 heteroatoms. The molecule has 0 fully saturated rings. The molecule has 0 heterocycles. The molecule has 1 atom stereocenters. The molecule has 0 amide bonds. The van der Waals surface area contributed by atoms with E-state index >= 15 is 0 Å². The van der Waals surface area contributed by atoms with Gasteiger partial charge in [-0.05, 0) is 0 Å². The summed E-state index contributed by atoms with van der Waals surface area (Å²) in [7, 11) is 0. The average molecular weight is 279 g/mol. The third-order valence-electron chi connectivity index (χ3n) is 2.93. The van der Waals surface area contributed by atoms with Crippen molar-refractivity contribution in [3.63, 3.8) is 0 Å². The van der Waals surface area contributed by atoms with E-state index in [9.17, 15) is 4.79 Å². The molecule has 0 aromatic heterocycles. The van der Waals surface area contributed by atoms with Crippen molar-refractivity contribution in [2.75, 3.05) is 0 Å². The summed E-state index contributed by atoms with van der Waals surface area (Å²) in [6.07, 6.45) is 0.955. The Bertz CT molecular complexity index is 420. The Balaban J connectivity index is 2.30. The van der Waals surface area contributed by atoms with Gasteiger partial charge in [0.1, 0.15) is 0 Å². The zero-order valence-electron chi connectivity index (χ0n) is 9.69. The van der Waals surface area contributed by atoms with E-state index in [1.54, 1.807) is 6.92 Å². The molecule has 2 rings (SSSR count). The third-order valence-corrected chi connectivity index (χ3v) is 5.31. The number of benzene rings is 1. The van der Waals surface area contributed by atoms with E-state index in [-0.39, 0.29) is 5.92 Å². The Morgan fingerprint density at radius 1 is 1.38 bits per heavy atom. The van der Waals surface area contributed by atoms with Crippen LogP contribution in [0.1, 0.15) is 25.8 Å². The van der Waals surface area contributed by atoms with E-state index in [4.69, 9.17) is 0 Å². The fourth-order valence-corrected chi connectivity index (χ4v) is 4.43. The van der Waals surface area contributed by atoms with Crippen molar-refractivity contribution in [2.24, 2.45) is 5.92 Å². The molecule has 1 unspecified atom stereocenters. The summed E-state index contributed by atoms with van der Waals surface area (Å²) in [5, 5.41) is 1.18. The van der Waals surface area contributed by atoms with Gasteiger partial charge in [0.05, 0.1) is 0 Å². The Hall–Kier alpha value is -0.851. The molecule has 0 N–H and O–H groups in total. The van der Waals surface area contributed by atoms with Crippen LogP contribution in [0.2, 0.25) is 5.32 Å². The number of allylic oxidation sites excluding steroid dienone is 2. The van der Waals surface area contributed by atoms with Crippen LogP contribution in [0.4, 0.5) is 0 Å². The first kappa shape index (κ1) is 11.6. The van der Waals surface area contributed by atoms with Crippen molar-refractivity contribution in [2.45, 2.75) is 25.6 Å². The number of hydrogen-bond acceptors (Lipinski definition) is 1. The van der Waals surface area contributed by atoms with Gasteiger partial charge in [-0.2, -0.15) is 0 Å². The van der Waals surface area contributed by atoms with Crippen LogP contribution in [0.5, 0.6) is 0 Å². The van der Waals surface area contributed by atoms with Crippen LogP contribution in [0.15, 0.2) is 34.8 Å². The first-order valence-corrected chi connectivity index (χ1v) is 7.72. The van der Waals surface area contributed by atoms with Gasteiger partial charge < -0.3 is 0 Å². The minimum absolute atomic E-state index is 0.232. The molecule has 0 aliphatic heterocycles. The Labute approximate surface area is 103 Å². The summed E-state index contributed by atoms with van der Waals surface area (Å²) >= 11 is 0.500. The standard InChI is InChI=1S/C14H16OSe/c1-3-16-14-12(10(2)15)9-13(14)11-7-5-4-6-8-11/h4-8,12H,3,9H2,1-2H3. The summed E-state index contributed by atoms with van der Waals surface area (Å²) in [4.78, 5) is 11.5. The molecule has 0 bridgehead atoms. The zero-order chi connectivity index (χ0) is 11.5. The second kappa shape index (κ2) is 4.99. The van der Waals surface area contributed by atoms with Gasteiger partial charge in [0, 0.05) is 0 Å². The number of ketones is 1. The van der Waals surface area contributed by atoms with Gasteiger partial charge in [0.25, 0.3) is 0 Å². The van der Waals surface area contributed by atoms with Crippen LogP contribution >= 0.6 is 0 Å². The molecule has 0 spiro atoms. The quantitative estimate of drug-likeness (QED) is 0.774.